The summed E-state index contributed by atoms with van der Waals surface area (Å²) in [4.78, 5) is 15.1. The minimum absolute atomic E-state index is 0. The molecule has 3 nitrogen and oxygen atoms in total. The summed E-state index contributed by atoms with van der Waals surface area (Å²) in [5.74, 6) is 1.77. The Labute approximate surface area is 179 Å². The molecule has 1 heterocycles. The van der Waals surface area contributed by atoms with Crippen LogP contribution in [0.3, 0.4) is 0 Å². The number of carbonyl (C=O) groups excluding carboxylic acids is 1. The summed E-state index contributed by atoms with van der Waals surface area (Å²) in [5.41, 5.74) is 2.22. The van der Waals surface area contributed by atoms with Gasteiger partial charge in [0.05, 0.1) is 13.7 Å². The molecule has 3 aromatic carbocycles. The van der Waals surface area contributed by atoms with Crippen LogP contribution in [-0.2, 0) is 6.42 Å². The van der Waals surface area contributed by atoms with Crippen LogP contribution in [0.25, 0.3) is 10.8 Å². The van der Waals surface area contributed by atoms with Crippen LogP contribution in [0.15, 0.2) is 66.7 Å². The van der Waals surface area contributed by atoms with E-state index in [1.54, 1.807) is 7.11 Å². The van der Waals surface area contributed by atoms with E-state index in [0.717, 1.165) is 47.5 Å². The first-order chi connectivity index (χ1) is 13.7. The number of fused-ring (bicyclic) bond motifs is 1. The zero-order valence-corrected chi connectivity index (χ0v) is 17.7. The van der Waals surface area contributed by atoms with Crippen molar-refractivity contribution in [2.45, 2.75) is 19.3 Å². The SMILES string of the molecule is COc1ccc2cc(C(=O)CN3CCC(Cc4ccccc4)CC3)ccc2c1.Cl. The molecule has 3 aromatic rings. The maximum atomic E-state index is 12.8. The van der Waals surface area contributed by atoms with Gasteiger partial charge in [-0.1, -0.05) is 48.5 Å². The summed E-state index contributed by atoms with van der Waals surface area (Å²) in [6.07, 6.45) is 3.48. The van der Waals surface area contributed by atoms with E-state index in [0.29, 0.717) is 6.54 Å². The van der Waals surface area contributed by atoms with Crippen molar-refractivity contribution in [3.05, 3.63) is 77.9 Å². The quantitative estimate of drug-likeness (QED) is 0.510. The number of rotatable bonds is 6. The minimum atomic E-state index is 0. The predicted octanol–water partition coefficient (Wildman–Crippen LogP) is 5.41. The van der Waals surface area contributed by atoms with Gasteiger partial charge in [0.15, 0.2) is 5.78 Å². The van der Waals surface area contributed by atoms with E-state index in [-0.39, 0.29) is 18.2 Å². The van der Waals surface area contributed by atoms with Crippen molar-refractivity contribution in [3.8, 4) is 5.75 Å². The molecule has 1 saturated heterocycles. The van der Waals surface area contributed by atoms with E-state index >= 15 is 0 Å². The summed E-state index contributed by atoms with van der Waals surface area (Å²) in [7, 11) is 1.67. The Morgan fingerprint density at radius 3 is 2.38 bits per heavy atom. The Morgan fingerprint density at radius 1 is 0.966 bits per heavy atom. The second kappa shape index (κ2) is 9.91. The molecule has 152 valence electrons. The Balaban J connectivity index is 0.00000240. The normalized spacial score (nSPS) is 15.1. The van der Waals surface area contributed by atoms with Gasteiger partial charge in [0, 0.05) is 5.56 Å². The van der Waals surface area contributed by atoms with Gasteiger partial charge in [-0.25, -0.2) is 0 Å². The molecule has 0 aliphatic carbocycles. The molecular formula is C25H28ClNO2. The third-order valence-corrected chi connectivity index (χ3v) is 5.81. The first-order valence-electron chi connectivity index (χ1n) is 10.1. The lowest BCUT2D eigenvalue weighted by Gasteiger charge is -2.31. The van der Waals surface area contributed by atoms with Gasteiger partial charge in [0.2, 0.25) is 0 Å². The molecule has 1 aliphatic heterocycles. The summed E-state index contributed by atoms with van der Waals surface area (Å²) < 4.78 is 5.27. The molecule has 0 bridgehead atoms. The van der Waals surface area contributed by atoms with Crippen LogP contribution in [-0.4, -0.2) is 37.4 Å². The number of ether oxygens (including phenoxy) is 1. The number of benzene rings is 3. The third kappa shape index (κ3) is 5.37. The third-order valence-electron chi connectivity index (χ3n) is 5.81. The number of nitrogens with zero attached hydrogens (tertiary/aromatic N) is 1. The molecule has 4 rings (SSSR count). The van der Waals surface area contributed by atoms with Crippen LogP contribution in [0.5, 0.6) is 5.75 Å². The monoisotopic (exact) mass is 409 g/mol. The van der Waals surface area contributed by atoms with E-state index in [4.69, 9.17) is 4.74 Å². The van der Waals surface area contributed by atoms with Crippen molar-refractivity contribution in [2.24, 2.45) is 5.92 Å². The average molecular weight is 410 g/mol. The van der Waals surface area contributed by atoms with Crippen molar-refractivity contribution >= 4 is 29.0 Å². The maximum Gasteiger partial charge on any atom is 0.176 e. The molecule has 1 fully saturated rings. The Bertz CT molecular complexity index is 949. The number of halogens is 1. The Morgan fingerprint density at radius 2 is 1.66 bits per heavy atom. The lowest BCUT2D eigenvalue weighted by atomic mass is 9.90. The van der Waals surface area contributed by atoms with Crippen LogP contribution in [0.2, 0.25) is 0 Å². The van der Waals surface area contributed by atoms with Gasteiger partial charge in [-0.05, 0) is 72.8 Å². The number of hydrogen-bond acceptors (Lipinski definition) is 3. The topological polar surface area (TPSA) is 29.5 Å². The zero-order valence-electron chi connectivity index (χ0n) is 16.8. The van der Waals surface area contributed by atoms with Gasteiger partial charge >= 0.3 is 0 Å². The minimum Gasteiger partial charge on any atom is -0.497 e. The van der Waals surface area contributed by atoms with Crippen LogP contribution in [0.1, 0.15) is 28.8 Å². The number of methoxy groups -OCH3 is 1. The number of piperidine rings is 1. The number of hydrogen-bond donors (Lipinski definition) is 0. The highest BCUT2D eigenvalue weighted by Gasteiger charge is 2.21. The molecule has 0 saturated carbocycles. The zero-order chi connectivity index (χ0) is 19.3. The fourth-order valence-electron chi connectivity index (χ4n) is 4.11. The lowest BCUT2D eigenvalue weighted by molar-refractivity contribution is 0.0895. The second-order valence-electron chi connectivity index (χ2n) is 7.76. The van der Waals surface area contributed by atoms with Crippen LogP contribution >= 0.6 is 12.4 Å². The number of carbonyl (C=O) groups is 1. The highest BCUT2D eigenvalue weighted by Crippen LogP contribution is 2.24. The van der Waals surface area contributed by atoms with Crippen LogP contribution in [0.4, 0.5) is 0 Å². The largest absolute Gasteiger partial charge is 0.497 e. The highest BCUT2D eigenvalue weighted by atomic mass is 35.5. The van der Waals surface area contributed by atoms with Crippen molar-refractivity contribution in [1.29, 1.82) is 0 Å². The summed E-state index contributed by atoms with van der Waals surface area (Å²) in [6, 6.07) is 22.6. The van der Waals surface area contributed by atoms with Gasteiger partial charge in [-0.3, -0.25) is 9.69 Å². The maximum absolute atomic E-state index is 12.8. The fraction of sp³-hybridized carbons (Fsp3) is 0.320. The van der Waals surface area contributed by atoms with Crippen molar-refractivity contribution in [3.63, 3.8) is 0 Å². The molecule has 0 spiro atoms. The number of Topliss-reactive ketones (excluding diaryl/α,β-unsaturated/α-hetero) is 1. The molecule has 0 radical (unpaired) electrons. The lowest BCUT2D eigenvalue weighted by Crippen LogP contribution is -2.37. The van der Waals surface area contributed by atoms with E-state index < -0.39 is 0 Å². The van der Waals surface area contributed by atoms with Crippen molar-refractivity contribution < 1.29 is 9.53 Å². The second-order valence-corrected chi connectivity index (χ2v) is 7.76. The van der Waals surface area contributed by atoms with Gasteiger partial charge in [0.1, 0.15) is 5.75 Å². The molecule has 0 aromatic heterocycles. The van der Waals surface area contributed by atoms with E-state index in [9.17, 15) is 4.79 Å². The molecule has 0 amide bonds. The molecule has 0 atom stereocenters. The molecule has 1 aliphatic rings. The molecule has 0 N–H and O–H groups in total. The number of likely N-dealkylation sites (tertiary alicyclic amines) is 1. The van der Waals surface area contributed by atoms with Crippen molar-refractivity contribution in [2.75, 3.05) is 26.7 Å². The van der Waals surface area contributed by atoms with E-state index in [1.807, 2.05) is 36.4 Å². The smallest absolute Gasteiger partial charge is 0.176 e. The number of ketones is 1. The molecule has 0 unspecified atom stereocenters. The average Bonchev–Trinajstić information content (AvgIpc) is 2.75. The first kappa shape index (κ1) is 21.4. The predicted molar refractivity (Wildman–Crippen MR) is 121 cm³/mol. The van der Waals surface area contributed by atoms with E-state index in [2.05, 4.69) is 35.2 Å². The van der Waals surface area contributed by atoms with Gasteiger partial charge in [-0.2, -0.15) is 0 Å². The molecule has 4 heteroatoms. The first-order valence-corrected chi connectivity index (χ1v) is 10.1. The van der Waals surface area contributed by atoms with Crippen LogP contribution < -0.4 is 4.74 Å². The molecular weight excluding hydrogens is 382 g/mol. The van der Waals surface area contributed by atoms with Crippen molar-refractivity contribution in [1.82, 2.24) is 4.90 Å². The van der Waals surface area contributed by atoms with Gasteiger partial charge in [0.25, 0.3) is 0 Å². The fourth-order valence-corrected chi connectivity index (χ4v) is 4.11. The van der Waals surface area contributed by atoms with Gasteiger partial charge in [-0.15, -0.1) is 12.4 Å². The highest BCUT2D eigenvalue weighted by molar-refractivity contribution is 6.01. The molecule has 29 heavy (non-hydrogen) atoms. The van der Waals surface area contributed by atoms with Gasteiger partial charge < -0.3 is 4.74 Å². The summed E-state index contributed by atoms with van der Waals surface area (Å²) in [6.45, 7) is 2.53. The Hall–Kier alpha value is -2.36. The Kier molecular flexibility index (Phi) is 7.29. The van der Waals surface area contributed by atoms with E-state index in [1.165, 1.54) is 18.4 Å². The summed E-state index contributed by atoms with van der Waals surface area (Å²) >= 11 is 0. The summed E-state index contributed by atoms with van der Waals surface area (Å²) in [5, 5.41) is 2.17. The van der Waals surface area contributed by atoms with Crippen LogP contribution in [0, 0.1) is 5.92 Å². The standard InChI is InChI=1S/C25H27NO2.ClH/c1-28-24-10-9-21-16-23(8-7-22(21)17-24)25(27)18-26-13-11-20(12-14-26)15-19-5-3-2-4-6-19;/h2-10,16-17,20H,11-15,18H2,1H3;1H.